The molecule has 1 aliphatic heterocycles. The Bertz CT molecular complexity index is 317. The molecule has 6 heteroatoms. The van der Waals surface area contributed by atoms with E-state index in [1.165, 1.54) is 0 Å². The van der Waals surface area contributed by atoms with Gasteiger partial charge in [-0.25, -0.2) is 0 Å². The molecular formula is C7H7N3O3. The summed E-state index contributed by atoms with van der Waals surface area (Å²) >= 11 is 0. The fourth-order valence-electron chi connectivity index (χ4n) is 1.10. The lowest BCUT2D eigenvalue weighted by Crippen LogP contribution is -2.38. The third-order valence-corrected chi connectivity index (χ3v) is 1.73. The van der Waals surface area contributed by atoms with E-state index >= 15 is 0 Å². The van der Waals surface area contributed by atoms with Crippen LogP contribution in [0.15, 0.2) is 0 Å². The van der Waals surface area contributed by atoms with Crippen molar-refractivity contribution in [2.75, 3.05) is 0 Å². The number of ketones is 2. The zero-order valence-corrected chi connectivity index (χ0v) is 6.69. The standard InChI is InChI=1S/C7H7N3O3/c8-9-3-5(11)7(13)4-1-2-6(12)10-4/h3-4H,1-2H2,(H,10,12)/t4-/m0/s1. The Morgan fingerprint density at radius 1 is 1.62 bits per heavy atom. The molecule has 0 radical (unpaired) electrons. The van der Waals surface area contributed by atoms with Crippen LogP contribution in [0.3, 0.4) is 0 Å². The number of hydrogen-bond donors (Lipinski definition) is 1. The van der Waals surface area contributed by atoms with Gasteiger partial charge in [0.1, 0.15) is 0 Å². The minimum absolute atomic E-state index is 0.243. The number of hydrogen-bond acceptors (Lipinski definition) is 3. The van der Waals surface area contributed by atoms with Crippen LogP contribution in [0.25, 0.3) is 5.53 Å². The smallest absolute Gasteiger partial charge is 0.331 e. The topological polar surface area (TPSA) is 99.6 Å². The molecule has 1 N–H and O–H groups in total. The van der Waals surface area contributed by atoms with Crippen molar-refractivity contribution in [1.82, 2.24) is 5.32 Å². The van der Waals surface area contributed by atoms with Gasteiger partial charge in [-0.05, 0) is 6.42 Å². The number of Topliss-reactive ketones (excluding diaryl/α,β-unsaturated/α-hetero) is 2. The lowest BCUT2D eigenvalue weighted by atomic mass is 10.1. The minimum atomic E-state index is -0.908. The largest absolute Gasteiger partial charge is 0.361 e. The zero-order chi connectivity index (χ0) is 9.84. The van der Waals surface area contributed by atoms with Crippen LogP contribution in [0.1, 0.15) is 12.8 Å². The first-order chi connectivity index (χ1) is 6.15. The number of rotatable bonds is 3. The summed E-state index contributed by atoms with van der Waals surface area (Å²) in [6, 6.07) is -0.752. The molecule has 1 saturated heterocycles. The molecule has 1 atom stereocenters. The summed E-state index contributed by atoms with van der Waals surface area (Å²) in [4.78, 5) is 35.1. The van der Waals surface area contributed by atoms with Crippen LogP contribution in [0, 0.1) is 0 Å². The Balaban J connectivity index is 2.63. The SMILES string of the molecule is [N-]=[N+]=CC(=O)C(=O)[C@@H]1CCC(=O)N1. The van der Waals surface area contributed by atoms with E-state index in [0.29, 0.717) is 12.6 Å². The lowest BCUT2D eigenvalue weighted by molar-refractivity contribution is -0.135. The van der Waals surface area contributed by atoms with Gasteiger partial charge in [0.2, 0.25) is 11.7 Å². The van der Waals surface area contributed by atoms with E-state index in [4.69, 9.17) is 5.53 Å². The number of nitrogens with one attached hydrogen (secondary N) is 1. The van der Waals surface area contributed by atoms with Crippen molar-refractivity contribution in [3.05, 3.63) is 5.53 Å². The van der Waals surface area contributed by atoms with Crippen LogP contribution in [0.2, 0.25) is 0 Å². The molecule has 6 nitrogen and oxygen atoms in total. The van der Waals surface area contributed by atoms with Crippen molar-refractivity contribution < 1.29 is 19.2 Å². The van der Waals surface area contributed by atoms with E-state index in [-0.39, 0.29) is 12.3 Å². The van der Waals surface area contributed by atoms with Gasteiger partial charge < -0.3 is 10.8 Å². The highest BCUT2D eigenvalue weighted by atomic mass is 16.2. The molecule has 0 bridgehead atoms. The summed E-state index contributed by atoms with van der Waals surface area (Å²) in [5, 5.41) is 2.34. The number of carbonyl (C=O) groups is 3. The van der Waals surface area contributed by atoms with Crippen molar-refractivity contribution in [3.63, 3.8) is 0 Å². The summed E-state index contributed by atoms with van der Waals surface area (Å²) in [5.74, 6) is -1.90. The molecule has 0 unspecified atom stereocenters. The Kier molecular flexibility index (Phi) is 2.66. The van der Waals surface area contributed by atoms with E-state index in [0.717, 1.165) is 0 Å². The highest BCUT2D eigenvalue weighted by Crippen LogP contribution is 2.07. The molecule has 1 amide bonds. The second kappa shape index (κ2) is 3.73. The van der Waals surface area contributed by atoms with E-state index in [1.807, 2.05) is 0 Å². The van der Waals surface area contributed by atoms with Crippen LogP contribution in [-0.2, 0) is 14.4 Å². The van der Waals surface area contributed by atoms with Gasteiger partial charge in [0, 0.05) is 6.42 Å². The van der Waals surface area contributed by atoms with Gasteiger partial charge in [0.15, 0.2) is 0 Å². The predicted octanol–water partition coefficient (Wildman–Crippen LogP) is -1.30. The first-order valence-corrected chi connectivity index (χ1v) is 3.70. The molecule has 1 heterocycles. The maximum Gasteiger partial charge on any atom is 0.331 e. The summed E-state index contributed by atoms with van der Waals surface area (Å²) in [6.07, 6.45) is 1.09. The second-order valence-corrected chi connectivity index (χ2v) is 2.63. The highest BCUT2D eigenvalue weighted by Gasteiger charge is 2.31. The average molecular weight is 181 g/mol. The van der Waals surface area contributed by atoms with E-state index in [1.54, 1.807) is 0 Å². The van der Waals surface area contributed by atoms with E-state index < -0.39 is 17.6 Å². The summed E-state index contributed by atoms with van der Waals surface area (Å²) < 4.78 is 0. The second-order valence-electron chi connectivity index (χ2n) is 2.63. The van der Waals surface area contributed by atoms with Gasteiger partial charge in [-0.2, -0.15) is 4.79 Å². The quantitative estimate of drug-likeness (QED) is 0.253. The maximum atomic E-state index is 11.1. The molecule has 0 aromatic rings. The molecule has 68 valence electrons. The monoisotopic (exact) mass is 181 g/mol. The van der Waals surface area contributed by atoms with Crippen LogP contribution >= 0.6 is 0 Å². The Morgan fingerprint density at radius 3 is 2.77 bits per heavy atom. The van der Waals surface area contributed by atoms with E-state index in [2.05, 4.69) is 10.1 Å². The minimum Gasteiger partial charge on any atom is -0.361 e. The highest BCUT2D eigenvalue weighted by molar-refractivity contribution is 6.59. The summed E-state index contributed by atoms with van der Waals surface area (Å²) in [5.41, 5.74) is 7.99. The lowest BCUT2D eigenvalue weighted by Gasteiger charge is -2.02. The van der Waals surface area contributed by atoms with Gasteiger partial charge in [-0.3, -0.25) is 14.4 Å². The van der Waals surface area contributed by atoms with Crippen LogP contribution in [0.5, 0.6) is 0 Å². The molecule has 0 saturated carbocycles. The molecule has 0 aliphatic carbocycles. The van der Waals surface area contributed by atoms with Crippen LogP contribution < -0.4 is 5.32 Å². The van der Waals surface area contributed by atoms with Crippen molar-refractivity contribution >= 4 is 23.7 Å². The molecule has 1 aliphatic rings. The van der Waals surface area contributed by atoms with E-state index in [9.17, 15) is 14.4 Å². The summed E-state index contributed by atoms with van der Waals surface area (Å²) in [7, 11) is 0. The first-order valence-electron chi connectivity index (χ1n) is 3.70. The molecule has 0 spiro atoms. The molecule has 1 rings (SSSR count). The molecular weight excluding hydrogens is 174 g/mol. The third kappa shape index (κ3) is 2.07. The fourth-order valence-corrected chi connectivity index (χ4v) is 1.10. The van der Waals surface area contributed by atoms with Gasteiger partial charge >= 0.3 is 12.0 Å². The molecule has 0 aromatic carbocycles. The average Bonchev–Trinajstić information content (AvgIpc) is 2.51. The number of carbonyl (C=O) groups excluding carboxylic acids is 3. The van der Waals surface area contributed by atoms with Gasteiger partial charge in [0.05, 0.1) is 6.04 Å². The number of nitrogens with zero attached hydrogens (tertiary/aromatic N) is 2. The molecule has 13 heavy (non-hydrogen) atoms. The zero-order valence-electron chi connectivity index (χ0n) is 6.69. The van der Waals surface area contributed by atoms with Crippen molar-refractivity contribution in [3.8, 4) is 0 Å². The van der Waals surface area contributed by atoms with Crippen molar-refractivity contribution in [2.24, 2.45) is 0 Å². The first kappa shape index (κ1) is 9.28. The normalized spacial score (nSPS) is 20.3. The molecule has 1 fully saturated rings. The fraction of sp³-hybridized carbons (Fsp3) is 0.429. The van der Waals surface area contributed by atoms with Crippen molar-refractivity contribution in [1.29, 1.82) is 0 Å². The van der Waals surface area contributed by atoms with Crippen molar-refractivity contribution in [2.45, 2.75) is 18.9 Å². The Labute approximate surface area is 73.5 Å². The molecule has 0 aromatic heterocycles. The van der Waals surface area contributed by atoms with Crippen LogP contribution in [-0.4, -0.2) is 34.5 Å². The van der Waals surface area contributed by atoms with Gasteiger partial charge in [0.25, 0.3) is 0 Å². The van der Waals surface area contributed by atoms with Crippen LogP contribution in [0.4, 0.5) is 0 Å². The summed E-state index contributed by atoms with van der Waals surface area (Å²) in [6.45, 7) is 0. The Morgan fingerprint density at radius 2 is 2.31 bits per heavy atom. The maximum absolute atomic E-state index is 11.1. The Hall–Kier alpha value is -1.81. The van der Waals surface area contributed by atoms with Gasteiger partial charge in [-0.1, -0.05) is 0 Å². The third-order valence-electron chi connectivity index (χ3n) is 1.73. The van der Waals surface area contributed by atoms with Gasteiger partial charge in [-0.15, -0.1) is 0 Å². The number of amides is 1. The predicted molar refractivity (Wildman–Crippen MR) is 40.9 cm³/mol.